The summed E-state index contributed by atoms with van der Waals surface area (Å²) in [7, 11) is 0. The summed E-state index contributed by atoms with van der Waals surface area (Å²) in [6.45, 7) is 3.95. The molecule has 0 aliphatic rings. The molecule has 0 saturated carbocycles. The van der Waals surface area contributed by atoms with Crippen molar-refractivity contribution in [1.82, 2.24) is 5.32 Å². The van der Waals surface area contributed by atoms with Crippen LogP contribution >= 0.6 is 11.8 Å². The molecule has 8 heteroatoms. The van der Waals surface area contributed by atoms with Crippen molar-refractivity contribution >= 4 is 46.9 Å². The average molecular weight is 540 g/mol. The van der Waals surface area contributed by atoms with Crippen LogP contribution in [0.4, 0.5) is 11.4 Å². The van der Waals surface area contributed by atoms with Gasteiger partial charge < -0.3 is 20.4 Å². The SMILES string of the molecule is CCC(Sc1cccc(NC(=O)/C(=C/c2ccco2)NC(=O)c2ccccc2)c1)C(=O)Nc1ccc(C)cc1. The van der Waals surface area contributed by atoms with Gasteiger partial charge in [-0.15, -0.1) is 11.8 Å². The molecule has 3 amide bonds. The minimum atomic E-state index is -0.512. The number of nitrogens with one attached hydrogen (secondary N) is 3. The van der Waals surface area contributed by atoms with E-state index in [1.54, 1.807) is 54.6 Å². The van der Waals surface area contributed by atoms with Crippen LogP contribution in [-0.2, 0) is 9.59 Å². The van der Waals surface area contributed by atoms with Crippen LogP contribution < -0.4 is 16.0 Å². The summed E-state index contributed by atoms with van der Waals surface area (Å²) in [5, 5.41) is 8.17. The number of thioether (sulfide) groups is 1. The Morgan fingerprint density at radius 2 is 1.64 bits per heavy atom. The van der Waals surface area contributed by atoms with Crippen LogP contribution in [0.15, 0.2) is 112 Å². The smallest absolute Gasteiger partial charge is 0.272 e. The molecule has 1 heterocycles. The monoisotopic (exact) mass is 539 g/mol. The molecule has 1 aromatic heterocycles. The molecule has 0 saturated heterocycles. The molecule has 0 fully saturated rings. The Labute approximate surface area is 231 Å². The van der Waals surface area contributed by atoms with E-state index in [1.807, 2.05) is 50.2 Å². The van der Waals surface area contributed by atoms with Crippen LogP contribution in [0.2, 0.25) is 0 Å². The van der Waals surface area contributed by atoms with E-state index in [9.17, 15) is 14.4 Å². The zero-order valence-electron chi connectivity index (χ0n) is 21.6. The number of furan rings is 1. The minimum absolute atomic E-state index is 0.0285. The lowest BCUT2D eigenvalue weighted by Crippen LogP contribution is -2.30. The van der Waals surface area contributed by atoms with Gasteiger partial charge >= 0.3 is 0 Å². The maximum Gasteiger partial charge on any atom is 0.272 e. The lowest BCUT2D eigenvalue weighted by molar-refractivity contribution is -0.116. The van der Waals surface area contributed by atoms with Crippen LogP contribution in [0.3, 0.4) is 0 Å². The van der Waals surface area contributed by atoms with Crippen LogP contribution in [0.1, 0.15) is 35.0 Å². The third-order valence-electron chi connectivity index (χ3n) is 5.71. The third kappa shape index (κ3) is 7.96. The Kier molecular flexibility index (Phi) is 9.37. The lowest BCUT2D eigenvalue weighted by atomic mass is 10.2. The molecule has 1 atom stereocenters. The van der Waals surface area contributed by atoms with E-state index in [4.69, 9.17) is 4.42 Å². The first-order chi connectivity index (χ1) is 18.9. The van der Waals surface area contributed by atoms with Gasteiger partial charge in [0.05, 0.1) is 11.5 Å². The van der Waals surface area contributed by atoms with Crippen LogP contribution in [0.5, 0.6) is 0 Å². The van der Waals surface area contributed by atoms with E-state index >= 15 is 0 Å². The summed E-state index contributed by atoms with van der Waals surface area (Å²) >= 11 is 1.42. The summed E-state index contributed by atoms with van der Waals surface area (Å²) in [5.41, 5.74) is 2.84. The fraction of sp³-hybridized carbons (Fsp3) is 0.129. The topological polar surface area (TPSA) is 100 Å². The molecule has 198 valence electrons. The molecule has 4 aromatic rings. The van der Waals surface area contributed by atoms with Gasteiger partial charge in [0.2, 0.25) is 5.91 Å². The first kappa shape index (κ1) is 27.5. The van der Waals surface area contributed by atoms with E-state index < -0.39 is 11.8 Å². The van der Waals surface area contributed by atoms with E-state index in [-0.39, 0.29) is 16.9 Å². The molecule has 0 bridgehead atoms. The molecule has 0 spiro atoms. The third-order valence-corrected chi connectivity index (χ3v) is 7.07. The minimum Gasteiger partial charge on any atom is -0.465 e. The number of rotatable bonds is 10. The molecule has 0 aliphatic heterocycles. The largest absolute Gasteiger partial charge is 0.465 e. The fourth-order valence-corrected chi connectivity index (χ4v) is 4.66. The van der Waals surface area contributed by atoms with Gasteiger partial charge in [-0.25, -0.2) is 0 Å². The van der Waals surface area contributed by atoms with Crippen molar-refractivity contribution < 1.29 is 18.8 Å². The summed E-state index contributed by atoms with van der Waals surface area (Å²) in [6, 6.07) is 26.9. The molecular weight excluding hydrogens is 510 g/mol. The summed E-state index contributed by atoms with van der Waals surface area (Å²) < 4.78 is 5.35. The fourth-order valence-electron chi connectivity index (χ4n) is 3.65. The second-order valence-electron chi connectivity index (χ2n) is 8.75. The molecule has 1 unspecified atom stereocenters. The molecule has 0 aliphatic carbocycles. The van der Waals surface area contributed by atoms with Crippen molar-refractivity contribution in [1.29, 1.82) is 0 Å². The average Bonchev–Trinajstić information content (AvgIpc) is 3.46. The Morgan fingerprint density at radius 1 is 0.872 bits per heavy atom. The molecule has 7 nitrogen and oxygen atoms in total. The van der Waals surface area contributed by atoms with Gasteiger partial charge in [0.25, 0.3) is 11.8 Å². The first-order valence-electron chi connectivity index (χ1n) is 12.5. The van der Waals surface area contributed by atoms with Gasteiger partial charge in [0.15, 0.2) is 0 Å². The molecule has 4 rings (SSSR count). The van der Waals surface area contributed by atoms with Gasteiger partial charge in [-0.1, -0.05) is 48.9 Å². The Bertz CT molecular complexity index is 1450. The summed E-state index contributed by atoms with van der Waals surface area (Å²) in [6.07, 6.45) is 3.58. The van der Waals surface area contributed by atoms with Crippen LogP contribution in [0, 0.1) is 6.92 Å². The highest BCUT2D eigenvalue weighted by atomic mass is 32.2. The predicted octanol–water partition coefficient (Wildman–Crippen LogP) is 6.51. The van der Waals surface area contributed by atoms with Crippen molar-refractivity contribution in [3.8, 4) is 0 Å². The number of carbonyl (C=O) groups excluding carboxylic acids is 3. The van der Waals surface area contributed by atoms with Crippen molar-refractivity contribution in [3.63, 3.8) is 0 Å². The van der Waals surface area contributed by atoms with Gasteiger partial charge in [-0.2, -0.15) is 0 Å². The second kappa shape index (κ2) is 13.3. The van der Waals surface area contributed by atoms with E-state index in [1.165, 1.54) is 24.1 Å². The molecule has 39 heavy (non-hydrogen) atoms. The van der Waals surface area contributed by atoms with Crippen LogP contribution in [-0.4, -0.2) is 23.0 Å². The van der Waals surface area contributed by atoms with E-state index in [0.717, 1.165) is 16.1 Å². The maximum absolute atomic E-state index is 13.2. The van der Waals surface area contributed by atoms with Gasteiger partial charge in [-0.3, -0.25) is 14.4 Å². The molecule has 3 N–H and O–H groups in total. The number of carbonyl (C=O) groups is 3. The van der Waals surface area contributed by atoms with Crippen molar-refractivity contribution in [3.05, 3.63) is 120 Å². The quantitative estimate of drug-likeness (QED) is 0.158. The zero-order valence-corrected chi connectivity index (χ0v) is 22.5. The van der Waals surface area contributed by atoms with Crippen molar-refractivity contribution in [2.24, 2.45) is 0 Å². The highest BCUT2D eigenvalue weighted by Crippen LogP contribution is 2.29. The number of amides is 3. The maximum atomic E-state index is 13.2. The standard InChI is InChI=1S/C31H29N3O4S/c1-3-28(31(37)32-23-16-14-21(2)15-17-23)39-26-13-7-11-24(19-26)33-30(36)27(20-25-12-8-18-38-25)34-29(35)22-9-5-4-6-10-22/h4-20,28H,3H2,1-2H3,(H,32,37)(H,33,36)(H,34,35)/b27-20-. The molecule has 0 radical (unpaired) electrons. The second-order valence-corrected chi connectivity index (χ2v) is 10.0. The first-order valence-corrected chi connectivity index (χ1v) is 13.4. The Morgan fingerprint density at radius 3 is 2.33 bits per heavy atom. The predicted molar refractivity (Wildman–Crippen MR) is 155 cm³/mol. The number of aryl methyl sites for hydroxylation is 1. The van der Waals surface area contributed by atoms with Gasteiger partial charge in [-0.05, 0) is 67.9 Å². The number of benzene rings is 3. The van der Waals surface area contributed by atoms with E-state index in [0.29, 0.717) is 23.4 Å². The number of anilines is 2. The molecular formula is C31H29N3O4S. The van der Waals surface area contributed by atoms with E-state index in [2.05, 4.69) is 16.0 Å². The molecule has 3 aromatic carbocycles. The highest BCUT2D eigenvalue weighted by molar-refractivity contribution is 8.00. The zero-order chi connectivity index (χ0) is 27.6. The number of hydrogen-bond donors (Lipinski definition) is 3. The summed E-state index contributed by atoms with van der Waals surface area (Å²) in [5.74, 6) is -0.600. The summed E-state index contributed by atoms with van der Waals surface area (Å²) in [4.78, 5) is 39.7. The van der Waals surface area contributed by atoms with Gasteiger partial charge in [0, 0.05) is 27.9 Å². The Balaban J connectivity index is 1.46. The van der Waals surface area contributed by atoms with Gasteiger partial charge in [0.1, 0.15) is 11.5 Å². The van der Waals surface area contributed by atoms with Crippen molar-refractivity contribution in [2.45, 2.75) is 30.4 Å². The van der Waals surface area contributed by atoms with Crippen LogP contribution in [0.25, 0.3) is 6.08 Å². The van der Waals surface area contributed by atoms with Crippen molar-refractivity contribution in [2.75, 3.05) is 10.6 Å². The Hall–Kier alpha value is -4.56. The lowest BCUT2D eigenvalue weighted by Gasteiger charge is -2.16. The normalized spacial score (nSPS) is 11.9. The number of hydrogen-bond acceptors (Lipinski definition) is 5. The highest BCUT2D eigenvalue weighted by Gasteiger charge is 2.19.